The number of hydrogen-bond donors (Lipinski definition) is 1. The number of alkyl halides is 9. The molecule has 210 valence electrons. The van der Waals surface area contributed by atoms with E-state index >= 15 is 0 Å². The topological polar surface area (TPSA) is 21.3 Å². The Balaban J connectivity index is 1.74. The van der Waals surface area contributed by atoms with Crippen LogP contribution in [0.4, 0.5) is 39.5 Å². The summed E-state index contributed by atoms with van der Waals surface area (Å²) in [6, 6.07) is 12.7. The van der Waals surface area contributed by atoms with Crippen molar-refractivity contribution >= 4 is 0 Å². The summed E-state index contributed by atoms with van der Waals surface area (Å²) in [6.07, 6.45) is -14.1. The fraction of sp³-hybridized carbons (Fsp3) is 0.357. The van der Waals surface area contributed by atoms with Crippen LogP contribution in [-0.2, 0) is 35.3 Å². The maximum absolute atomic E-state index is 13.7. The Labute approximate surface area is 218 Å². The quantitative estimate of drug-likeness (QED) is 0.306. The standard InChI is InChI=1S/C28H24F9NO/c29-26(30,31)21-14-18(16-39-17-25(9-11-38-12-10-25)20-5-2-1-3-6-20)13-19(15-21)24-22(27(32,33)34)7-4-8-23(24)28(35,36)37/h1-8,13-15,38H,9-12,16-17H2. The van der Waals surface area contributed by atoms with Gasteiger partial charge in [0.15, 0.2) is 0 Å². The predicted octanol–water partition coefficient (Wildman–Crippen LogP) is 8.25. The lowest BCUT2D eigenvalue weighted by atomic mass is 9.74. The maximum atomic E-state index is 13.7. The summed E-state index contributed by atoms with van der Waals surface area (Å²) in [5.74, 6) is 0. The van der Waals surface area contributed by atoms with Crippen LogP contribution in [0.1, 0.15) is 40.7 Å². The van der Waals surface area contributed by atoms with Crippen molar-refractivity contribution in [3.8, 4) is 11.1 Å². The van der Waals surface area contributed by atoms with Crippen LogP contribution in [0.25, 0.3) is 11.1 Å². The molecule has 0 saturated carbocycles. The summed E-state index contributed by atoms with van der Waals surface area (Å²) in [5.41, 5.74) is -6.59. The molecule has 1 fully saturated rings. The monoisotopic (exact) mass is 561 g/mol. The Hall–Kier alpha value is -3.05. The highest BCUT2D eigenvalue weighted by Crippen LogP contribution is 2.46. The highest BCUT2D eigenvalue weighted by atomic mass is 19.4. The van der Waals surface area contributed by atoms with Gasteiger partial charge in [-0.15, -0.1) is 0 Å². The molecule has 1 aliphatic rings. The lowest BCUT2D eigenvalue weighted by molar-refractivity contribution is -0.142. The third-order valence-electron chi connectivity index (χ3n) is 6.88. The maximum Gasteiger partial charge on any atom is 0.417 e. The van der Waals surface area contributed by atoms with Crippen molar-refractivity contribution < 1.29 is 44.3 Å². The fourth-order valence-electron chi connectivity index (χ4n) is 5.00. The molecule has 3 aromatic rings. The lowest BCUT2D eigenvalue weighted by Gasteiger charge is -2.38. The molecule has 0 aliphatic carbocycles. The summed E-state index contributed by atoms with van der Waals surface area (Å²) in [5, 5.41) is 3.24. The van der Waals surface area contributed by atoms with E-state index in [-0.39, 0.29) is 12.2 Å². The third kappa shape index (κ3) is 6.58. The average Bonchev–Trinajstić information content (AvgIpc) is 2.87. The number of halogens is 9. The van der Waals surface area contributed by atoms with E-state index in [1.807, 2.05) is 30.3 Å². The number of rotatable bonds is 6. The highest BCUT2D eigenvalue weighted by Gasteiger charge is 2.42. The van der Waals surface area contributed by atoms with Gasteiger partial charge in [-0.05, 0) is 73.0 Å². The first kappa shape index (κ1) is 28.9. The smallest absolute Gasteiger partial charge is 0.376 e. The second-order valence-corrected chi connectivity index (χ2v) is 9.53. The molecule has 11 heteroatoms. The molecule has 3 aromatic carbocycles. The minimum absolute atomic E-state index is 0.108. The third-order valence-corrected chi connectivity index (χ3v) is 6.88. The largest absolute Gasteiger partial charge is 0.417 e. The molecule has 1 N–H and O–H groups in total. The second-order valence-electron chi connectivity index (χ2n) is 9.53. The van der Waals surface area contributed by atoms with Gasteiger partial charge in [-0.2, -0.15) is 39.5 Å². The van der Waals surface area contributed by atoms with Crippen LogP contribution in [0.2, 0.25) is 0 Å². The molecule has 1 heterocycles. The summed E-state index contributed by atoms with van der Waals surface area (Å²) in [4.78, 5) is 0. The first-order chi connectivity index (χ1) is 18.2. The fourth-order valence-corrected chi connectivity index (χ4v) is 5.00. The van der Waals surface area contributed by atoms with Crippen LogP contribution >= 0.6 is 0 Å². The number of piperidine rings is 1. The van der Waals surface area contributed by atoms with Crippen LogP contribution in [-0.4, -0.2) is 19.7 Å². The average molecular weight is 561 g/mol. The second kappa shape index (κ2) is 10.8. The molecule has 1 saturated heterocycles. The zero-order valence-electron chi connectivity index (χ0n) is 20.4. The highest BCUT2D eigenvalue weighted by molar-refractivity contribution is 5.74. The van der Waals surface area contributed by atoms with Gasteiger partial charge in [0.25, 0.3) is 0 Å². The van der Waals surface area contributed by atoms with Gasteiger partial charge < -0.3 is 10.1 Å². The van der Waals surface area contributed by atoms with Crippen molar-refractivity contribution in [1.29, 1.82) is 0 Å². The van der Waals surface area contributed by atoms with Crippen molar-refractivity contribution in [3.05, 3.63) is 94.5 Å². The number of benzene rings is 3. The minimum atomic E-state index is -5.24. The molecule has 0 aromatic heterocycles. The van der Waals surface area contributed by atoms with Gasteiger partial charge in [-0.25, -0.2) is 0 Å². The van der Waals surface area contributed by atoms with E-state index < -0.39 is 58.4 Å². The molecule has 39 heavy (non-hydrogen) atoms. The van der Waals surface area contributed by atoms with E-state index in [4.69, 9.17) is 4.74 Å². The van der Waals surface area contributed by atoms with E-state index in [9.17, 15) is 39.5 Å². The van der Waals surface area contributed by atoms with Gasteiger partial charge in [-0.3, -0.25) is 0 Å². The summed E-state index contributed by atoms with van der Waals surface area (Å²) < 4.78 is 129. The van der Waals surface area contributed by atoms with Crippen molar-refractivity contribution in [3.63, 3.8) is 0 Å². The zero-order chi connectivity index (χ0) is 28.5. The first-order valence-corrected chi connectivity index (χ1v) is 12.0. The zero-order valence-corrected chi connectivity index (χ0v) is 20.4. The van der Waals surface area contributed by atoms with Crippen molar-refractivity contribution in [1.82, 2.24) is 5.32 Å². The van der Waals surface area contributed by atoms with Gasteiger partial charge >= 0.3 is 18.5 Å². The number of ether oxygens (including phenoxy) is 1. The van der Waals surface area contributed by atoms with Crippen molar-refractivity contribution in [2.75, 3.05) is 19.7 Å². The SMILES string of the molecule is FC(F)(F)c1cc(COCC2(c3ccccc3)CCNCC2)cc(-c2c(C(F)(F)F)cccc2C(F)(F)F)c1. The summed E-state index contributed by atoms with van der Waals surface area (Å²) in [7, 11) is 0. The Kier molecular flexibility index (Phi) is 8.05. The van der Waals surface area contributed by atoms with Crippen molar-refractivity contribution in [2.24, 2.45) is 0 Å². The normalized spacial score (nSPS) is 16.3. The van der Waals surface area contributed by atoms with E-state index in [2.05, 4.69) is 5.32 Å². The van der Waals surface area contributed by atoms with Gasteiger partial charge in [-0.1, -0.05) is 36.4 Å². The van der Waals surface area contributed by atoms with Crippen LogP contribution in [0.15, 0.2) is 66.7 Å². The summed E-state index contributed by atoms with van der Waals surface area (Å²) >= 11 is 0. The molecule has 0 unspecified atom stereocenters. The van der Waals surface area contributed by atoms with Crippen LogP contribution in [0.5, 0.6) is 0 Å². The van der Waals surface area contributed by atoms with Gasteiger partial charge in [0.2, 0.25) is 0 Å². The molecular formula is C28H24F9NO. The van der Waals surface area contributed by atoms with E-state index in [1.54, 1.807) is 0 Å². The van der Waals surface area contributed by atoms with Crippen LogP contribution < -0.4 is 5.32 Å². The van der Waals surface area contributed by atoms with Crippen molar-refractivity contribution in [2.45, 2.75) is 43.4 Å². The minimum Gasteiger partial charge on any atom is -0.376 e. The Morgan fingerprint density at radius 2 is 1.28 bits per heavy atom. The van der Waals surface area contributed by atoms with Crippen LogP contribution in [0.3, 0.4) is 0 Å². The Bertz CT molecular complexity index is 1240. The lowest BCUT2D eigenvalue weighted by Crippen LogP contribution is -2.43. The van der Waals surface area contributed by atoms with E-state index in [0.717, 1.165) is 11.6 Å². The van der Waals surface area contributed by atoms with Gasteiger partial charge in [0.1, 0.15) is 0 Å². The first-order valence-electron chi connectivity index (χ1n) is 12.0. The molecule has 0 radical (unpaired) electrons. The molecule has 4 rings (SSSR count). The summed E-state index contributed by atoms with van der Waals surface area (Å²) in [6.45, 7) is 1.03. The van der Waals surface area contributed by atoms with Gasteiger partial charge in [0.05, 0.1) is 29.9 Å². The van der Waals surface area contributed by atoms with E-state index in [0.29, 0.717) is 56.3 Å². The van der Waals surface area contributed by atoms with Crippen LogP contribution in [0, 0.1) is 0 Å². The van der Waals surface area contributed by atoms with Gasteiger partial charge in [0, 0.05) is 11.0 Å². The van der Waals surface area contributed by atoms with E-state index in [1.165, 1.54) is 0 Å². The molecule has 0 amide bonds. The Morgan fingerprint density at radius 1 is 0.692 bits per heavy atom. The molecule has 2 nitrogen and oxygen atoms in total. The predicted molar refractivity (Wildman–Crippen MR) is 127 cm³/mol. The molecule has 0 spiro atoms. The number of hydrogen-bond acceptors (Lipinski definition) is 2. The number of nitrogens with one attached hydrogen (secondary N) is 1. The molecule has 0 bridgehead atoms. The molecular weight excluding hydrogens is 537 g/mol. The molecule has 0 atom stereocenters. The molecule has 1 aliphatic heterocycles. The Morgan fingerprint density at radius 3 is 1.82 bits per heavy atom.